The van der Waals surface area contributed by atoms with Gasteiger partial charge in [-0.3, -0.25) is 4.99 Å². The second kappa shape index (κ2) is 10.4. The standard InChI is InChI=1S/C19H24F4N2S/c1-5-7-8-9-18(24-14(4)6-2)25-16-11-17(13(3)10-15(16)20)26-12-19(21,22)23/h5,7-11,14H,6,12H2,1-4H3,(H,24,25)/b7-5?,9-8+. The molecule has 1 aromatic carbocycles. The van der Waals surface area contributed by atoms with Crippen LogP contribution in [0.25, 0.3) is 0 Å². The highest BCUT2D eigenvalue weighted by molar-refractivity contribution is 7.99. The van der Waals surface area contributed by atoms with E-state index in [9.17, 15) is 17.6 Å². The quantitative estimate of drug-likeness (QED) is 0.189. The number of amidine groups is 1. The molecular formula is C19H24F4N2S. The molecule has 2 nitrogen and oxygen atoms in total. The summed E-state index contributed by atoms with van der Waals surface area (Å²) < 4.78 is 51.7. The zero-order valence-corrected chi connectivity index (χ0v) is 16.1. The highest BCUT2D eigenvalue weighted by Crippen LogP contribution is 2.32. The van der Waals surface area contributed by atoms with Gasteiger partial charge >= 0.3 is 6.18 Å². The van der Waals surface area contributed by atoms with Gasteiger partial charge in [0.2, 0.25) is 0 Å². The van der Waals surface area contributed by atoms with Crippen molar-refractivity contribution in [2.45, 2.75) is 51.2 Å². The summed E-state index contributed by atoms with van der Waals surface area (Å²) in [6.07, 6.45) is 3.65. The minimum absolute atomic E-state index is 0.0281. The third kappa shape index (κ3) is 8.08. The fourth-order valence-corrected chi connectivity index (χ4v) is 2.71. The number of nitrogens with zero attached hydrogens (tertiary/aromatic N) is 1. The van der Waals surface area contributed by atoms with Gasteiger partial charge in [-0.1, -0.05) is 25.2 Å². The monoisotopic (exact) mass is 388 g/mol. The summed E-state index contributed by atoms with van der Waals surface area (Å²) in [6.45, 7) is 7.37. The van der Waals surface area contributed by atoms with Gasteiger partial charge in [-0.2, -0.15) is 13.2 Å². The van der Waals surface area contributed by atoms with Gasteiger partial charge in [0.15, 0.2) is 0 Å². The van der Waals surface area contributed by atoms with E-state index in [0.717, 1.165) is 6.42 Å². The van der Waals surface area contributed by atoms with E-state index in [0.29, 0.717) is 28.1 Å². The Morgan fingerprint density at radius 3 is 2.58 bits per heavy atom. The van der Waals surface area contributed by atoms with Crippen molar-refractivity contribution in [2.24, 2.45) is 4.99 Å². The van der Waals surface area contributed by atoms with Crippen molar-refractivity contribution in [2.75, 3.05) is 11.1 Å². The van der Waals surface area contributed by atoms with Gasteiger partial charge < -0.3 is 5.32 Å². The van der Waals surface area contributed by atoms with Crippen LogP contribution in [0, 0.1) is 12.7 Å². The van der Waals surface area contributed by atoms with Crippen LogP contribution < -0.4 is 5.32 Å². The van der Waals surface area contributed by atoms with E-state index in [1.807, 2.05) is 32.9 Å². The summed E-state index contributed by atoms with van der Waals surface area (Å²) in [6, 6.07) is 2.66. The number of anilines is 1. The molecule has 0 aliphatic rings. The summed E-state index contributed by atoms with van der Waals surface area (Å²) in [5, 5.41) is 2.90. The van der Waals surface area contributed by atoms with Crippen LogP contribution in [0.3, 0.4) is 0 Å². The minimum atomic E-state index is -4.28. The van der Waals surface area contributed by atoms with Crippen LogP contribution in [0.15, 0.2) is 46.3 Å². The zero-order chi connectivity index (χ0) is 19.7. The molecule has 0 spiro atoms. The van der Waals surface area contributed by atoms with E-state index >= 15 is 0 Å². The number of thioether (sulfide) groups is 1. The van der Waals surface area contributed by atoms with Crippen molar-refractivity contribution in [1.29, 1.82) is 0 Å². The summed E-state index contributed by atoms with van der Waals surface area (Å²) in [5.41, 5.74) is 0.569. The van der Waals surface area contributed by atoms with Gasteiger partial charge in [-0.25, -0.2) is 4.39 Å². The molecule has 0 fully saturated rings. The fourth-order valence-electron chi connectivity index (χ4n) is 1.91. The summed E-state index contributed by atoms with van der Waals surface area (Å²) in [4.78, 5) is 4.85. The lowest BCUT2D eigenvalue weighted by Crippen LogP contribution is -2.14. The molecule has 1 aromatic rings. The molecule has 1 rings (SSSR count). The predicted molar refractivity (Wildman–Crippen MR) is 103 cm³/mol. The second-order valence-corrected chi connectivity index (χ2v) is 6.80. The Labute approximate surface area is 156 Å². The maximum absolute atomic E-state index is 14.3. The van der Waals surface area contributed by atoms with Gasteiger partial charge in [0.05, 0.1) is 11.4 Å². The number of aryl methyl sites for hydroxylation is 1. The van der Waals surface area contributed by atoms with E-state index in [4.69, 9.17) is 0 Å². The van der Waals surface area contributed by atoms with Crippen molar-refractivity contribution < 1.29 is 17.6 Å². The Morgan fingerprint density at radius 2 is 2.00 bits per heavy atom. The molecule has 0 aromatic heterocycles. The molecule has 0 bridgehead atoms. The molecule has 0 aliphatic heterocycles. The Balaban J connectivity index is 3.12. The summed E-state index contributed by atoms with van der Waals surface area (Å²) in [5.74, 6) is -1.10. The molecule has 1 atom stereocenters. The van der Waals surface area contributed by atoms with Gasteiger partial charge in [-0.15, -0.1) is 11.8 Å². The Hall–Kier alpha value is -1.76. The van der Waals surface area contributed by atoms with Crippen LogP contribution in [0.1, 0.15) is 32.8 Å². The topological polar surface area (TPSA) is 24.4 Å². The SMILES string of the molecule is CC=C/C=C/C(=NC(C)CC)Nc1cc(SCC(F)(F)F)c(C)cc1F. The van der Waals surface area contributed by atoms with Crippen LogP contribution >= 0.6 is 11.8 Å². The normalized spacial score (nSPS) is 14.4. The molecule has 144 valence electrons. The number of hydrogen-bond acceptors (Lipinski definition) is 2. The number of rotatable bonds is 7. The van der Waals surface area contributed by atoms with Gasteiger partial charge in [0.25, 0.3) is 0 Å². The number of nitrogens with one attached hydrogen (secondary N) is 1. The van der Waals surface area contributed by atoms with E-state index in [1.165, 1.54) is 12.1 Å². The first-order valence-electron chi connectivity index (χ1n) is 8.30. The minimum Gasteiger partial charge on any atom is -0.338 e. The number of halogens is 4. The molecule has 0 amide bonds. The highest BCUT2D eigenvalue weighted by Gasteiger charge is 2.27. The van der Waals surface area contributed by atoms with E-state index in [1.54, 1.807) is 19.1 Å². The number of aliphatic imine (C=N–C) groups is 1. The van der Waals surface area contributed by atoms with Crippen molar-refractivity contribution in [3.8, 4) is 0 Å². The molecular weight excluding hydrogens is 364 g/mol. The first-order valence-corrected chi connectivity index (χ1v) is 9.28. The number of hydrogen-bond donors (Lipinski definition) is 1. The number of allylic oxidation sites excluding steroid dienone is 3. The van der Waals surface area contributed by atoms with Crippen molar-refractivity contribution in [1.82, 2.24) is 0 Å². The molecule has 0 aliphatic carbocycles. The molecule has 26 heavy (non-hydrogen) atoms. The lowest BCUT2D eigenvalue weighted by atomic mass is 10.2. The second-order valence-electron chi connectivity index (χ2n) is 5.78. The van der Waals surface area contributed by atoms with Crippen LogP contribution in [0.5, 0.6) is 0 Å². The Morgan fingerprint density at radius 1 is 1.31 bits per heavy atom. The van der Waals surface area contributed by atoms with E-state index < -0.39 is 17.7 Å². The lowest BCUT2D eigenvalue weighted by molar-refractivity contribution is -0.105. The highest BCUT2D eigenvalue weighted by atomic mass is 32.2. The van der Waals surface area contributed by atoms with Crippen molar-refractivity contribution >= 4 is 23.3 Å². The first kappa shape index (κ1) is 22.3. The Kier molecular flexibility index (Phi) is 8.92. The fraction of sp³-hybridized carbons (Fsp3) is 0.421. The molecule has 0 radical (unpaired) electrons. The molecule has 1 unspecified atom stereocenters. The first-order chi connectivity index (χ1) is 12.2. The lowest BCUT2D eigenvalue weighted by Gasteiger charge is -2.14. The summed E-state index contributed by atoms with van der Waals surface area (Å²) in [7, 11) is 0. The summed E-state index contributed by atoms with van der Waals surface area (Å²) >= 11 is 0.643. The predicted octanol–water partition coefficient (Wildman–Crippen LogP) is 6.53. The van der Waals surface area contributed by atoms with Crippen LogP contribution in [-0.2, 0) is 0 Å². The number of benzene rings is 1. The van der Waals surface area contributed by atoms with E-state index in [-0.39, 0.29) is 11.7 Å². The Bertz CT molecular complexity index is 679. The maximum Gasteiger partial charge on any atom is 0.398 e. The molecule has 1 N–H and O–H groups in total. The molecule has 0 saturated carbocycles. The molecule has 0 heterocycles. The molecule has 7 heteroatoms. The maximum atomic E-state index is 14.3. The molecule has 0 saturated heterocycles. The zero-order valence-electron chi connectivity index (χ0n) is 15.3. The smallest absolute Gasteiger partial charge is 0.338 e. The van der Waals surface area contributed by atoms with Gasteiger partial charge in [0.1, 0.15) is 11.7 Å². The van der Waals surface area contributed by atoms with E-state index in [2.05, 4.69) is 10.3 Å². The number of alkyl halides is 3. The third-order valence-corrected chi connectivity index (χ3v) is 4.65. The van der Waals surface area contributed by atoms with Crippen LogP contribution in [0.4, 0.5) is 23.2 Å². The van der Waals surface area contributed by atoms with Crippen LogP contribution in [-0.4, -0.2) is 23.8 Å². The van der Waals surface area contributed by atoms with Gasteiger partial charge in [0, 0.05) is 10.9 Å². The van der Waals surface area contributed by atoms with Crippen LogP contribution in [0.2, 0.25) is 0 Å². The van der Waals surface area contributed by atoms with Gasteiger partial charge in [-0.05, 0) is 51.0 Å². The van der Waals surface area contributed by atoms with Crippen molar-refractivity contribution in [3.05, 3.63) is 47.8 Å². The third-order valence-electron chi connectivity index (χ3n) is 3.43. The average molecular weight is 388 g/mol. The average Bonchev–Trinajstić information content (AvgIpc) is 2.55. The van der Waals surface area contributed by atoms with Crippen molar-refractivity contribution in [3.63, 3.8) is 0 Å². The largest absolute Gasteiger partial charge is 0.398 e.